The van der Waals surface area contributed by atoms with Gasteiger partial charge < -0.3 is 9.47 Å². The summed E-state index contributed by atoms with van der Waals surface area (Å²) in [7, 11) is 1.84. The van der Waals surface area contributed by atoms with Crippen LogP contribution in [0.1, 0.15) is 24.7 Å². The second-order valence-electron chi connectivity index (χ2n) is 7.69. The van der Waals surface area contributed by atoms with Gasteiger partial charge in [-0.15, -0.1) is 10.2 Å². The van der Waals surface area contributed by atoms with Crippen molar-refractivity contribution in [1.29, 1.82) is 0 Å². The average Bonchev–Trinajstić information content (AvgIpc) is 3.38. The number of halogens is 3. The van der Waals surface area contributed by atoms with E-state index >= 15 is 0 Å². The first-order chi connectivity index (χ1) is 14.9. The fraction of sp³-hybridized carbons (Fsp3) is 0.333. The predicted molar refractivity (Wildman–Crippen MR) is 109 cm³/mol. The first kappa shape index (κ1) is 19.5. The topological polar surface area (TPSA) is 64.7 Å². The maximum absolute atomic E-state index is 13.6. The summed E-state index contributed by atoms with van der Waals surface area (Å²) < 4.78 is 44.0. The van der Waals surface area contributed by atoms with Crippen LogP contribution >= 0.6 is 0 Å². The third-order valence-corrected chi connectivity index (χ3v) is 5.65. The van der Waals surface area contributed by atoms with E-state index in [-0.39, 0.29) is 6.04 Å². The summed E-state index contributed by atoms with van der Waals surface area (Å²) in [6.45, 7) is 1.19. The van der Waals surface area contributed by atoms with Gasteiger partial charge in [0.25, 0.3) is 0 Å². The van der Waals surface area contributed by atoms with Crippen molar-refractivity contribution in [3.8, 4) is 11.3 Å². The van der Waals surface area contributed by atoms with Crippen LogP contribution in [0.3, 0.4) is 0 Å². The van der Waals surface area contributed by atoms with E-state index in [1.54, 1.807) is 35.1 Å². The molecule has 0 bridgehead atoms. The van der Waals surface area contributed by atoms with Gasteiger partial charge >= 0.3 is 6.18 Å². The Balaban J connectivity index is 1.35. The van der Waals surface area contributed by atoms with Crippen LogP contribution in [-0.4, -0.2) is 42.6 Å². The summed E-state index contributed by atoms with van der Waals surface area (Å²) in [5.74, 6) is -0.106. The van der Waals surface area contributed by atoms with Crippen LogP contribution in [0.2, 0.25) is 0 Å². The molecular weight excluding hydrogens is 407 g/mol. The molecule has 1 aromatic carbocycles. The van der Waals surface area contributed by atoms with Gasteiger partial charge in [-0.2, -0.15) is 18.3 Å². The highest BCUT2D eigenvalue weighted by molar-refractivity contribution is 5.76. The number of piperidine rings is 1. The van der Waals surface area contributed by atoms with E-state index in [1.165, 1.54) is 4.57 Å². The third kappa shape index (κ3) is 3.62. The highest BCUT2D eigenvalue weighted by atomic mass is 19.4. The molecule has 0 unspecified atom stereocenters. The van der Waals surface area contributed by atoms with E-state index in [1.807, 2.05) is 25.4 Å². The molecule has 7 nitrogen and oxygen atoms in total. The first-order valence-corrected chi connectivity index (χ1v) is 10.0. The number of rotatable bonds is 3. The van der Waals surface area contributed by atoms with Crippen LogP contribution in [0.25, 0.3) is 22.3 Å². The van der Waals surface area contributed by atoms with Crippen molar-refractivity contribution in [2.24, 2.45) is 7.05 Å². The summed E-state index contributed by atoms with van der Waals surface area (Å²) >= 11 is 0. The number of hydrogen-bond donors (Lipinski definition) is 0. The molecule has 1 fully saturated rings. The lowest BCUT2D eigenvalue weighted by atomic mass is 10.0. The van der Waals surface area contributed by atoms with Crippen molar-refractivity contribution < 1.29 is 13.2 Å². The van der Waals surface area contributed by atoms with Gasteiger partial charge in [-0.05, 0) is 37.1 Å². The van der Waals surface area contributed by atoms with Crippen molar-refractivity contribution in [1.82, 2.24) is 29.5 Å². The normalized spacial score (nSPS) is 15.7. The number of fused-ring (bicyclic) bond motifs is 1. The Morgan fingerprint density at radius 3 is 2.42 bits per heavy atom. The summed E-state index contributed by atoms with van der Waals surface area (Å²) in [4.78, 5) is 5.93. The minimum atomic E-state index is -4.50. The van der Waals surface area contributed by atoms with E-state index in [0.29, 0.717) is 37.0 Å². The first-order valence-electron chi connectivity index (χ1n) is 10.0. The number of aryl methyl sites for hydroxylation is 1. The molecule has 3 aromatic heterocycles. The SMILES string of the molecule is Cn1cc(-c2ccc(N3CCC(n4c(C(F)(F)F)nc5ccccc54)CC3)nn2)cn1. The number of para-hydroxylation sites is 2. The average molecular weight is 427 g/mol. The lowest BCUT2D eigenvalue weighted by Crippen LogP contribution is -2.36. The van der Waals surface area contributed by atoms with Crippen LogP contribution in [0.5, 0.6) is 0 Å². The summed E-state index contributed by atoms with van der Waals surface area (Å²) in [5, 5.41) is 12.7. The van der Waals surface area contributed by atoms with Crippen LogP contribution in [0.15, 0.2) is 48.8 Å². The zero-order valence-electron chi connectivity index (χ0n) is 16.8. The van der Waals surface area contributed by atoms with Crippen molar-refractivity contribution in [2.75, 3.05) is 18.0 Å². The molecule has 5 rings (SSSR count). The molecular formula is C21H20F3N7. The van der Waals surface area contributed by atoms with Gasteiger partial charge in [0.2, 0.25) is 5.82 Å². The van der Waals surface area contributed by atoms with Gasteiger partial charge in [-0.1, -0.05) is 12.1 Å². The molecule has 1 saturated heterocycles. The smallest absolute Gasteiger partial charge is 0.355 e. The highest BCUT2D eigenvalue weighted by Crippen LogP contribution is 2.37. The van der Waals surface area contributed by atoms with Gasteiger partial charge in [0.05, 0.1) is 22.9 Å². The minimum Gasteiger partial charge on any atom is -0.355 e. The second-order valence-corrected chi connectivity index (χ2v) is 7.69. The van der Waals surface area contributed by atoms with Crippen molar-refractivity contribution in [3.63, 3.8) is 0 Å². The highest BCUT2D eigenvalue weighted by Gasteiger charge is 2.39. The molecule has 31 heavy (non-hydrogen) atoms. The quantitative estimate of drug-likeness (QED) is 0.493. The molecule has 0 atom stereocenters. The van der Waals surface area contributed by atoms with Crippen molar-refractivity contribution >= 4 is 16.9 Å². The van der Waals surface area contributed by atoms with Gasteiger partial charge in [-0.25, -0.2) is 4.98 Å². The van der Waals surface area contributed by atoms with Crippen LogP contribution in [0, 0.1) is 0 Å². The maximum Gasteiger partial charge on any atom is 0.449 e. The van der Waals surface area contributed by atoms with Crippen LogP contribution in [-0.2, 0) is 13.2 Å². The zero-order chi connectivity index (χ0) is 21.6. The molecule has 0 saturated carbocycles. The second kappa shape index (κ2) is 7.36. The number of nitrogens with zero attached hydrogens (tertiary/aromatic N) is 7. The Morgan fingerprint density at radius 2 is 1.77 bits per heavy atom. The molecule has 0 amide bonds. The minimum absolute atomic E-state index is 0.275. The monoisotopic (exact) mass is 427 g/mol. The molecule has 4 heterocycles. The molecule has 1 aliphatic rings. The predicted octanol–water partition coefficient (Wildman–Crippen LogP) is 4.09. The third-order valence-electron chi connectivity index (χ3n) is 5.65. The molecule has 0 N–H and O–H groups in total. The van der Waals surface area contributed by atoms with Crippen molar-refractivity contribution in [3.05, 3.63) is 54.6 Å². The summed E-state index contributed by atoms with van der Waals surface area (Å²) in [6, 6.07) is 10.3. The molecule has 10 heteroatoms. The molecule has 4 aromatic rings. The maximum atomic E-state index is 13.6. The van der Waals surface area contributed by atoms with E-state index < -0.39 is 12.0 Å². The number of imidazole rings is 1. The van der Waals surface area contributed by atoms with Gasteiger partial charge in [0.15, 0.2) is 5.82 Å². The number of hydrogen-bond acceptors (Lipinski definition) is 5. The van der Waals surface area contributed by atoms with E-state index in [2.05, 4.69) is 25.2 Å². The Bertz CT molecular complexity index is 1200. The molecule has 1 aliphatic heterocycles. The van der Waals surface area contributed by atoms with Crippen LogP contribution < -0.4 is 4.90 Å². The molecule has 160 valence electrons. The number of aromatic nitrogens is 6. The van der Waals surface area contributed by atoms with E-state index in [9.17, 15) is 13.2 Å². The Kier molecular flexibility index (Phi) is 4.64. The Labute approximate surface area is 176 Å². The number of benzene rings is 1. The Morgan fingerprint density at radius 1 is 1.00 bits per heavy atom. The summed E-state index contributed by atoms with van der Waals surface area (Å²) in [5.41, 5.74) is 2.50. The zero-order valence-corrected chi connectivity index (χ0v) is 16.8. The van der Waals surface area contributed by atoms with Gasteiger partial charge in [0, 0.05) is 37.9 Å². The number of alkyl halides is 3. The lowest BCUT2D eigenvalue weighted by Gasteiger charge is -2.34. The lowest BCUT2D eigenvalue weighted by molar-refractivity contribution is -0.147. The molecule has 0 aliphatic carbocycles. The molecule has 0 radical (unpaired) electrons. The summed E-state index contributed by atoms with van der Waals surface area (Å²) in [6.07, 6.45) is 0.223. The number of anilines is 1. The van der Waals surface area contributed by atoms with Gasteiger partial charge in [-0.3, -0.25) is 4.68 Å². The molecule has 0 spiro atoms. The van der Waals surface area contributed by atoms with Gasteiger partial charge in [0.1, 0.15) is 0 Å². The van der Waals surface area contributed by atoms with Crippen molar-refractivity contribution in [2.45, 2.75) is 25.1 Å². The fourth-order valence-corrected chi connectivity index (χ4v) is 4.17. The van der Waals surface area contributed by atoms with Crippen LogP contribution in [0.4, 0.5) is 19.0 Å². The standard InChI is InChI=1S/C21H20F3N7/c1-29-13-14(12-25-29)16-6-7-19(28-27-16)30-10-8-15(9-11-30)31-18-5-3-2-4-17(18)26-20(31)21(22,23)24/h2-7,12-13,15H,8-11H2,1H3. The van der Waals surface area contributed by atoms with E-state index in [4.69, 9.17) is 0 Å². The fourth-order valence-electron chi connectivity index (χ4n) is 4.17. The Hall–Kier alpha value is -3.43. The largest absolute Gasteiger partial charge is 0.449 e. The van der Waals surface area contributed by atoms with E-state index in [0.717, 1.165) is 17.1 Å².